The zero-order chi connectivity index (χ0) is 22.3. The summed E-state index contributed by atoms with van der Waals surface area (Å²) in [6.07, 6.45) is 0.995. The number of H-pyrrole nitrogens is 1. The lowest BCUT2D eigenvalue weighted by Gasteiger charge is -2.31. The highest BCUT2D eigenvalue weighted by Crippen LogP contribution is 2.32. The van der Waals surface area contributed by atoms with Crippen LogP contribution in [0.3, 0.4) is 0 Å². The predicted octanol–water partition coefficient (Wildman–Crippen LogP) is 4.63. The lowest BCUT2D eigenvalue weighted by Crippen LogP contribution is -2.40. The third-order valence-electron chi connectivity index (χ3n) is 5.75. The standard InChI is InChI=1S/C23H21F3N6/c24-23(25,26)17-3-1-2-14(10-17)21-30-19-11-16(13-29-22(19)31-21)15-4-5-20(28-12-15)32-8-6-18(27)7-9-32/h1-5,10-13,18H,6-9,27H2,(H,29,30,31). The second-order valence-corrected chi connectivity index (χ2v) is 7.99. The summed E-state index contributed by atoms with van der Waals surface area (Å²) in [5, 5.41) is 0. The number of benzene rings is 1. The van der Waals surface area contributed by atoms with Gasteiger partial charge in [-0.1, -0.05) is 12.1 Å². The number of imidazole rings is 1. The number of nitrogens with one attached hydrogen (secondary N) is 1. The maximum Gasteiger partial charge on any atom is 0.416 e. The molecule has 0 saturated carbocycles. The van der Waals surface area contributed by atoms with E-state index < -0.39 is 11.7 Å². The molecule has 0 atom stereocenters. The number of hydrogen-bond acceptors (Lipinski definition) is 5. The van der Waals surface area contributed by atoms with Gasteiger partial charge in [-0.3, -0.25) is 0 Å². The number of fused-ring (bicyclic) bond motifs is 1. The third-order valence-corrected chi connectivity index (χ3v) is 5.75. The normalized spacial score (nSPS) is 15.4. The molecule has 1 fully saturated rings. The zero-order valence-electron chi connectivity index (χ0n) is 17.1. The molecule has 1 aliphatic heterocycles. The fourth-order valence-electron chi connectivity index (χ4n) is 3.91. The number of aromatic nitrogens is 4. The second kappa shape index (κ2) is 7.90. The summed E-state index contributed by atoms with van der Waals surface area (Å²) in [6, 6.07) is 11.2. The van der Waals surface area contributed by atoms with Gasteiger partial charge in [0.15, 0.2) is 5.65 Å². The Labute approximate surface area is 182 Å². The first-order valence-electron chi connectivity index (χ1n) is 10.4. The van der Waals surface area contributed by atoms with Gasteiger partial charge in [0.2, 0.25) is 0 Å². The van der Waals surface area contributed by atoms with E-state index >= 15 is 0 Å². The van der Waals surface area contributed by atoms with Gasteiger partial charge in [-0.25, -0.2) is 15.0 Å². The lowest BCUT2D eigenvalue weighted by molar-refractivity contribution is -0.137. The maximum atomic E-state index is 13.0. The van der Waals surface area contributed by atoms with E-state index in [1.54, 1.807) is 18.5 Å². The van der Waals surface area contributed by atoms with Crippen molar-refractivity contribution in [3.05, 3.63) is 60.4 Å². The number of nitrogens with zero attached hydrogens (tertiary/aromatic N) is 4. The van der Waals surface area contributed by atoms with Crippen molar-refractivity contribution in [2.75, 3.05) is 18.0 Å². The first-order valence-corrected chi connectivity index (χ1v) is 10.4. The van der Waals surface area contributed by atoms with Crippen LogP contribution in [0.25, 0.3) is 33.7 Å². The molecule has 9 heteroatoms. The van der Waals surface area contributed by atoms with E-state index in [2.05, 4.69) is 24.8 Å². The van der Waals surface area contributed by atoms with Gasteiger partial charge < -0.3 is 15.6 Å². The fraction of sp³-hybridized carbons (Fsp3) is 0.261. The van der Waals surface area contributed by atoms with E-state index in [-0.39, 0.29) is 6.04 Å². The molecule has 0 bridgehead atoms. The predicted molar refractivity (Wildman–Crippen MR) is 117 cm³/mol. The Balaban J connectivity index is 1.41. The molecule has 4 aromatic rings. The Hall–Kier alpha value is -3.46. The molecule has 32 heavy (non-hydrogen) atoms. The largest absolute Gasteiger partial charge is 0.416 e. The molecule has 0 radical (unpaired) electrons. The minimum absolute atomic E-state index is 0.263. The first-order chi connectivity index (χ1) is 15.4. The third kappa shape index (κ3) is 4.03. The molecular weight excluding hydrogens is 417 g/mol. The lowest BCUT2D eigenvalue weighted by atomic mass is 10.1. The van der Waals surface area contributed by atoms with E-state index in [1.165, 1.54) is 6.07 Å². The van der Waals surface area contributed by atoms with Crippen molar-refractivity contribution in [2.45, 2.75) is 25.1 Å². The molecule has 0 spiro atoms. The van der Waals surface area contributed by atoms with Gasteiger partial charge in [-0.15, -0.1) is 0 Å². The maximum absolute atomic E-state index is 13.0. The van der Waals surface area contributed by atoms with Crippen molar-refractivity contribution in [1.29, 1.82) is 0 Å². The molecular formula is C23H21F3N6. The van der Waals surface area contributed by atoms with E-state index in [4.69, 9.17) is 5.73 Å². The number of hydrogen-bond donors (Lipinski definition) is 2. The van der Waals surface area contributed by atoms with Crippen LogP contribution in [-0.4, -0.2) is 39.1 Å². The Bertz CT molecular complexity index is 1240. The number of aromatic amines is 1. The summed E-state index contributed by atoms with van der Waals surface area (Å²) in [5.41, 5.74) is 8.43. The Morgan fingerprint density at radius 2 is 1.72 bits per heavy atom. The van der Waals surface area contributed by atoms with Gasteiger partial charge in [0.1, 0.15) is 11.6 Å². The van der Waals surface area contributed by atoms with Crippen molar-refractivity contribution in [1.82, 2.24) is 19.9 Å². The van der Waals surface area contributed by atoms with Gasteiger partial charge in [0.25, 0.3) is 0 Å². The Morgan fingerprint density at radius 3 is 2.44 bits per heavy atom. The van der Waals surface area contributed by atoms with Gasteiger partial charge in [-0.05, 0) is 43.2 Å². The topological polar surface area (TPSA) is 83.7 Å². The molecule has 0 amide bonds. The van der Waals surface area contributed by atoms with Gasteiger partial charge in [-0.2, -0.15) is 13.2 Å². The Kier molecular flexibility index (Phi) is 5.05. The van der Waals surface area contributed by atoms with E-state index in [0.717, 1.165) is 55.0 Å². The number of anilines is 1. The van der Waals surface area contributed by atoms with E-state index in [1.807, 2.05) is 18.2 Å². The molecule has 6 nitrogen and oxygen atoms in total. The van der Waals surface area contributed by atoms with Crippen molar-refractivity contribution in [3.63, 3.8) is 0 Å². The molecule has 0 unspecified atom stereocenters. The summed E-state index contributed by atoms with van der Waals surface area (Å²) in [4.78, 5) is 18.6. The van der Waals surface area contributed by atoms with Gasteiger partial charge >= 0.3 is 6.18 Å². The van der Waals surface area contributed by atoms with E-state index in [0.29, 0.717) is 22.6 Å². The van der Waals surface area contributed by atoms with Crippen LogP contribution in [-0.2, 0) is 6.18 Å². The number of halogens is 3. The molecule has 5 rings (SSSR count). The molecule has 4 heterocycles. The van der Waals surface area contributed by atoms with Crippen LogP contribution in [0, 0.1) is 0 Å². The SMILES string of the molecule is NC1CCN(c2ccc(-c3cnc4nc(-c5cccc(C(F)(F)F)c5)[nH]c4c3)cn2)CC1. The quantitative estimate of drug-likeness (QED) is 0.487. The van der Waals surface area contributed by atoms with Crippen LogP contribution in [0.15, 0.2) is 54.9 Å². The minimum Gasteiger partial charge on any atom is -0.357 e. The number of alkyl halides is 3. The average Bonchev–Trinajstić information content (AvgIpc) is 3.23. The van der Waals surface area contributed by atoms with Crippen LogP contribution in [0.2, 0.25) is 0 Å². The van der Waals surface area contributed by atoms with Crippen molar-refractivity contribution in [2.24, 2.45) is 5.73 Å². The molecule has 1 aliphatic rings. The van der Waals surface area contributed by atoms with Crippen LogP contribution in [0.5, 0.6) is 0 Å². The van der Waals surface area contributed by atoms with Crippen LogP contribution in [0.4, 0.5) is 19.0 Å². The summed E-state index contributed by atoms with van der Waals surface area (Å²) < 4.78 is 39.1. The van der Waals surface area contributed by atoms with Gasteiger partial charge in [0, 0.05) is 48.2 Å². The molecule has 1 aromatic carbocycles. The van der Waals surface area contributed by atoms with Crippen molar-refractivity contribution >= 4 is 17.0 Å². The van der Waals surface area contributed by atoms with E-state index in [9.17, 15) is 13.2 Å². The molecule has 1 saturated heterocycles. The summed E-state index contributed by atoms with van der Waals surface area (Å²) in [7, 11) is 0. The first kappa shape index (κ1) is 20.4. The molecule has 164 valence electrons. The van der Waals surface area contributed by atoms with Crippen molar-refractivity contribution in [3.8, 4) is 22.5 Å². The molecule has 0 aliphatic carbocycles. The smallest absolute Gasteiger partial charge is 0.357 e. The number of nitrogens with two attached hydrogens (primary N) is 1. The Morgan fingerprint density at radius 1 is 0.938 bits per heavy atom. The highest BCUT2D eigenvalue weighted by molar-refractivity contribution is 5.81. The summed E-state index contributed by atoms with van der Waals surface area (Å²) in [5.74, 6) is 1.26. The second-order valence-electron chi connectivity index (χ2n) is 7.99. The van der Waals surface area contributed by atoms with Crippen molar-refractivity contribution < 1.29 is 13.2 Å². The average molecular weight is 438 g/mol. The molecule has 3 N–H and O–H groups in total. The number of piperidine rings is 1. The highest BCUT2D eigenvalue weighted by Gasteiger charge is 2.30. The van der Waals surface area contributed by atoms with Crippen LogP contribution < -0.4 is 10.6 Å². The minimum atomic E-state index is -4.41. The van der Waals surface area contributed by atoms with Crippen LogP contribution >= 0.6 is 0 Å². The fourth-order valence-corrected chi connectivity index (χ4v) is 3.91. The highest BCUT2D eigenvalue weighted by atomic mass is 19.4. The monoisotopic (exact) mass is 438 g/mol. The summed E-state index contributed by atoms with van der Waals surface area (Å²) in [6.45, 7) is 1.79. The van der Waals surface area contributed by atoms with Gasteiger partial charge in [0.05, 0.1) is 11.1 Å². The number of pyridine rings is 2. The van der Waals surface area contributed by atoms with Crippen LogP contribution in [0.1, 0.15) is 18.4 Å². The summed E-state index contributed by atoms with van der Waals surface area (Å²) >= 11 is 0. The zero-order valence-corrected chi connectivity index (χ0v) is 17.1. The number of rotatable bonds is 3. The molecule has 3 aromatic heterocycles.